The molecule has 0 saturated heterocycles. The normalized spacial score (nSPS) is 14.5. The summed E-state index contributed by atoms with van der Waals surface area (Å²) in [5.74, 6) is 2.17. The van der Waals surface area contributed by atoms with Crippen LogP contribution in [0.5, 0.6) is 34.6 Å². The number of H-pyrrole nitrogens is 1. The molecule has 35 heavy (non-hydrogen) atoms. The molecular formula is C25H26N4O6. The van der Waals surface area contributed by atoms with Crippen LogP contribution in [0.25, 0.3) is 11.3 Å². The lowest BCUT2D eigenvalue weighted by Crippen LogP contribution is -2.21. The van der Waals surface area contributed by atoms with Gasteiger partial charge in [0.05, 0.1) is 52.2 Å². The molecule has 2 aromatic carbocycles. The van der Waals surface area contributed by atoms with E-state index in [-0.39, 0.29) is 17.3 Å². The molecule has 10 heteroatoms. The second-order valence-corrected chi connectivity index (χ2v) is 7.49. The number of allylic oxidation sites excluding steroid dienone is 1. The summed E-state index contributed by atoms with van der Waals surface area (Å²) < 4.78 is 33.5. The number of fused-ring (bicyclic) bond motifs is 1. The van der Waals surface area contributed by atoms with Gasteiger partial charge in [-0.25, -0.2) is 0 Å². The fourth-order valence-corrected chi connectivity index (χ4v) is 4.15. The predicted molar refractivity (Wildman–Crippen MR) is 127 cm³/mol. The molecule has 0 fully saturated rings. The van der Waals surface area contributed by atoms with E-state index in [2.05, 4.69) is 16.3 Å². The highest BCUT2D eigenvalue weighted by Crippen LogP contribution is 2.50. The standard InChI is InChI=1S/C25H26N4O6/c1-6-34-16-8-7-13(9-18(16)31-3)23-22-21(15(12-26)24(27)35-25(22)29-28-23)14-10-19(32-4)20(33-5)11-17(14)30-2/h7-11,21H,6,27H2,1-5H3,(H,28,29)/t21-/m0/s1. The van der Waals surface area contributed by atoms with Gasteiger partial charge in [-0.3, -0.25) is 5.10 Å². The zero-order chi connectivity index (χ0) is 25.1. The number of benzene rings is 2. The van der Waals surface area contributed by atoms with Crippen molar-refractivity contribution in [3.63, 3.8) is 0 Å². The molecule has 0 saturated carbocycles. The number of rotatable bonds is 8. The number of ether oxygens (including phenoxy) is 6. The summed E-state index contributed by atoms with van der Waals surface area (Å²) in [5.41, 5.74) is 8.99. The molecule has 0 spiro atoms. The first kappa shape index (κ1) is 23.6. The molecule has 1 atom stereocenters. The third-order valence-electron chi connectivity index (χ3n) is 5.74. The van der Waals surface area contributed by atoms with Crippen molar-refractivity contribution in [2.45, 2.75) is 12.8 Å². The Labute approximate surface area is 202 Å². The monoisotopic (exact) mass is 478 g/mol. The maximum absolute atomic E-state index is 10.1. The van der Waals surface area contributed by atoms with Gasteiger partial charge in [0, 0.05) is 17.2 Å². The van der Waals surface area contributed by atoms with E-state index in [0.717, 1.165) is 5.56 Å². The van der Waals surface area contributed by atoms with E-state index in [1.54, 1.807) is 19.2 Å². The summed E-state index contributed by atoms with van der Waals surface area (Å²) in [5, 5.41) is 17.4. The smallest absolute Gasteiger partial charge is 0.244 e. The number of aromatic nitrogens is 2. The number of nitrogens with two attached hydrogens (primary N) is 1. The maximum atomic E-state index is 10.1. The first-order chi connectivity index (χ1) is 17.0. The van der Waals surface area contributed by atoms with Crippen molar-refractivity contribution >= 4 is 0 Å². The summed E-state index contributed by atoms with van der Waals surface area (Å²) in [7, 11) is 6.18. The molecule has 3 aromatic rings. The quantitative estimate of drug-likeness (QED) is 0.497. The van der Waals surface area contributed by atoms with E-state index in [9.17, 15) is 5.26 Å². The van der Waals surface area contributed by atoms with Gasteiger partial charge in [-0.2, -0.15) is 5.26 Å². The highest BCUT2D eigenvalue weighted by molar-refractivity contribution is 5.74. The van der Waals surface area contributed by atoms with E-state index in [4.69, 9.17) is 34.2 Å². The van der Waals surface area contributed by atoms with Crippen LogP contribution in [0, 0.1) is 11.3 Å². The van der Waals surface area contributed by atoms with E-state index >= 15 is 0 Å². The zero-order valence-corrected chi connectivity index (χ0v) is 20.1. The number of hydrogen-bond donors (Lipinski definition) is 2. The Kier molecular flexibility index (Phi) is 6.59. The summed E-state index contributed by atoms with van der Waals surface area (Å²) in [6.07, 6.45) is 0. The zero-order valence-electron chi connectivity index (χ0n) is 20.1. The van der Waals surface area contributed by atoms with Crippen molar-refractivity contribution in [3.05, 3.63) is 52.9 Å². The van der Waals surface area contributed by atoms with Gasteiger partial charge in [-0.1, -0.05) is 0 Å². The molecule has 2 heterocycles. The van der Waals surface area contributed by atoms with Gasteiger partial charge in [0.1, 0.15) is 17.4 Å². The molecular weight excluding hydrogens is 452 g/mol. The fourth-order valence-electron chi connectivity index (χ4n) is 4.15. The first-order valence-corrected chi connectivity index (χ1v) is 10.8. The number of nitrogens with one attached hydrogen (secondary N) is 1. The maximum Gasteiger partial charge on any atom is 0.244 e. The summed E-state index contributed by atoms with van der Waals surface area (Å²) in [6.45, 7) is 2.40. The fraction of sp³-hybridized carbons (Fsp3) is 0.280. The molecule has 0 radical (unpaired) electrons. The lowest BCUT2D eigenvalue weighted by molar-refractivity contribution is 0.311. The molecule has 3 N–H and O–H groups in total. The van der Waals surface area contributed by atoms with Crippen LogP contribution >= 0.6 is 0 Å². The minimum Gasteiger partial charge on any atom is -0.496 e. The first-order valence-electron chi connectivity index (χ1n) is 10.8. The summed E-state index contributed by atoms with van der Waals surface area (Å²) in [4.78, 5) is 0. The second-order valence-electron chi connectivity index (χ2n) is 7.49. The van der Waals surface area contributed by atoms with Crippen molar-refractivity contribution in [2.24, 2.45) is 5.73 Å². The average Bonchev–Trinajstić information content (AvgIpc) is 3.30. The Morgan fingerprint density at radius 2 is 1.63 bits per heavy atom. The third kappa shape index (κ3) is 4.01. The molecule has 0 aliphatic carbocycles. The van der Waals surface area contributed by atoms with Crippen LogP contribution in [0.2, 0.25) is 0 Å². The number of nitrogens with zero attached hydrogens (tertiary/aromatic N) is 2. The molecule has 10 nitrogen and oxygen atoms in total. The Bertz CT molecular complexity index is 1320. The minimum absolute atomic E-state index is 0.0378. The average molecular weight is 479 g/mol. The highest BCUT2D eigenvalue weighted by Gasteiger charge is 2.38. The predicted octanol–water partition coefficient (Wildman–Crippen LogP) is 3.73. The highest BCUT2D eigenvalue weighted by atomic mass is 16.5. The van der Waals surface area contributed by atoms with Gasteiger partial charge in [-0.05, 0) is 31.2 Å². The van der Waals surface area contributed by atoms with Crippen LogP contribution in [0.15, 0.2) is 41.8 Å². The lowest BCUT2D eigenvalue weighted by Gasteiger charge is -2.26. The molecule has 1 aliphatic rings. The number of aromatic amines is 1. The third-order valence-corrected chi connectivity index (χ3v) is 5.74. The molecule has 4 rings (SSSR count). The van der Waals surface area contributed by atoms with Crippen LogP contribution in [-0.2, 0) is 0 Å². The topological polar surface area (TPSA) is 134 Å². The van der Waals surface area contributed by atoms with E-state index < -0.39 is 5.92 Å². The minimum atomic E-state index is -0.662. The van der Waals surface area contributed by atoms with E-state index in [1.807, 2.05) is 25.1 Å². The van der Waals surface area contributed by atoms with Crippen LogP contribution in [-0.4, -0.2) is 45.2 Å². The Morgan fingerprint density at radius 1 is 0.971 bits per heavy atom. The summed E-state index contributed by atoms with van der Waals surface area (Å²) in [6, 6.07) is 11.2. The molecule has 0 amide bonds. The summed E-state index contributed by atoms with van der Waals surface area (Å²) >= 11 is 0. The van der Waals surface area contributed by atoms with Crippen molar-refractivity contribution in [1.29, 1.82) is 5.26 Å². The van der Waals surface area contributed by atoms with Gasteiger partial charge in [0.15, 0.2) is 23.0 Å². The molecule has 1 aliphatic heterocycles. The van der Waals surface area contributed by atoms with Crippen LogP contribution in [0.3, 0.4) is 0 Å². The molecule has 0 bridgehead atoms. The van der Waals surface area contributed by atoms with E-state index in [0.29, 0.717) is 52.2 Å². The van der Waals surface area contributed by atoms with Crippen molar-refractivity contribution < 1.29 is 28.4 Å². The van der Waals surface area contributed by atoms with Crippen molar-refractivity contribution in [2.75, 3.05) is 35.0 Å². The van der Waals surface area contributed by atoms with Gasteiger partial charge in [0.25, 0.3) is 0 Å². The van der Waals surface area contributed by atoms with Crippen LogP contribution < -0.4 is 34.2 Å². The Balaban J connectivity index is 1.96. The largest absolute Gasteiger partial charge is 0.496 e. The molecule has 0 unspecified atom stereocenters. The number of nitriles is 1. The van der Waals surface area contributed by atoms with Crippen molar-refractivity contribution in [1.82, 2.24) is 10.2 Å². The lowest BCUT2D eigenvalue weighted by atomic mass is 9.82. The molecule has 1 aromatic heterocycles. The van der Waals surface area contributed by atoms with Gasteiger partial charge < -0.3 is 34.2 Å². The van der Waals surface area contributed by atoms with Gasteiger partial charge >= 0.3 is 0 Å². The number of hydrogen-bond acceptors (Lipinski definition) is 9. The Morgan fingerprint density at radius 3 is 2.26 bits per heavy atom. The van der Waals surface area contributed by atoms with Gasteiger partial charge in [0.2, 0.25) is 11.8 Å². The Hall–Kier alpha value is -4.52. The van der Waals surface area contributed by atoms with Crippen LogP contribution in [0.1, 0.15) is 24.0 Å². The molecule has 182 valence electrons. The van der Waals surface area contributed by atoms with Crippen molar-refractivity contribution in [3.8, 4) is 52.0 Å². The SMILES string of the molecule is CCOc1ccc(-c2[nH]nc3c2[C@@H](c2cc(OC)c(OC)cc2OC)C(C#N)=C(N)O3)cc1OC. The van der Waals surface area contributed by atoms with Gasteiger partial charge in [-0.15, -0.1) is 5.10 Å². The second kappa shape index (κ2) is 9.77. The van der Waals surface area contributed by atoms with E-state index in [1.165, 1.54) is 21.3 Å². The van der Waals surface area contributed by atoms with Crippen LogP contribution in [0.4, 0.5) is 0 Å². The number of methoxy groups -OCH3 is 4.